The molecule has 0 saturated carbocycles. The molecule has 1 fully saturated rings. The van der Waals surface area contributed by atoms with Crippen molar-refractivity contribution in [3.63, 3.8) is 0 Å². The molecule has 1 saturated heterocycles. The third-order valence-corrected chi connectivity index (χ3v) is 9.21. The Morgan fingerprint density at radius 3 is 1.76 bits per heavy atom. The van der Waals surface area contributed by atoms with Crippen molar-refractivity contribution in [3.05, 3.63) is 81.4 Å². The number of carbonyl (C=O) groups is 4. The number of hydrogen-bond acceptors (Lipinski definition) is 5. The van der Waals surface area contributed by atoms with E-state index in [0.717, 1.165) is 37.3 Å². The van der Waals surface area contributed by atoms with Gasteiger partial charge in [0.1, 0.15) is 6.29 Å². The van der Waals surface area contributed by atoms with Gasteiger partial charge in [0, 0.05) is 12.8 Å². The van der Waals surface area contributed by atoms with Gasteiger partial charge in [-0.3, -0.25) is 14.4 Å². The second-order valence-corrected chi connectivity index (χ2v) is 15.0. The molecule has 1 aliphatic rings. The van der Waals surface area contributed by atoms with Crippen LogP contribution < -0.4 is 0 Å². The zero-order valence-corrected chi connectivity index (χ0v) is 40.6. The first-order valence-corrected chi connectivity index (χ1v) is 22.0. The SMILES string of the molecule is CC.CC.CC.CC(=O)/C(C=O)=C\C=C(/C)C(C)(F)F.CC(C)C[C@H](C)C=O.CCCN1CCCCC1.Cc1ccc(-c2cc(C)c(C)c([C@@H](C)CC(=O)O)c2)c(C)c1. The highest BCUT2D eigenvalue weighted by Gasteiger charge is 2.23. The van der Waals surface area contributed by atoms with E-state index in [2.05, 4.69) is 83.7 Å². The quantitative estimate of drug-likeness (QED) is 0.0711. The number of nitrogens with zero attached hydrogens (tertiary/aromatic N) is 1. The van der Waals surface area contributed by atoms with Crippen LogP contribution in [-0.4, -0.2) is 59.9 Å². The Balaban J connectivity index is -0.000000352. The molecule has 2 aromatic carbocycles. The Labute approximate surface area is 360 Å². The molecule has 3 rings (SSSR count). The number of likely N-dealkylation sites (tertiary alicyclic amines) is 1. The summed E-state index contributed by atoms with van der Waals surface area (Å²) in [6, 6.07) is 10.8. The van der Waals surface area contributed by atoms with E-state index >= 15 is 0 Å². The molecule has 0 bridgehead atoms. The summed E-state index contributed by atoms with van der Waals surface area (Å²) in [4.78, 5) is 44.7. The standard InChI is InChI=1S/C20H24O2.C10H12F2O2.C8H17N.C7H14O.3C2H6/c1-12-6-7-18(14(3)8-12)17-9-13(2)16(5)19(11-17)15(4)10-20(21)22;1-7(10(3,11)12)4-5-9(6-13)8(2)14;1-2-6-9-7-4-3-5-8-9;1-6(2)4-7(3)5-8;3*1-2/h6-9,11,15H,10H2,1-5H3,(H,21,22);4-6H,1-3H3;2-8H2,1H3;5-7H,4H2,1-3H3;3*1-2H3/b;7-4+,9-5-;;;;;/t15-;;;7-;;;/m0..0.../s1. The molecular weight excluding hydrogens is 745 g/mol. The molecule has 0 amide bonds. The lowest BCUT2D eigenvalue weighted by molar-refractivity contribution is -0.137. The molecule has 8 heteroatoms. The third kappa shape index (κ3) is 29.1. The van der Waals surface area contributed by atoms with E-state index in [-0.39, 0.29) is 29.4 Å². The Morgan fingerprint density at radius 1 is 0.831 bits per heavy atom. The number of hydrogen-bond donors (Lipinski definition) is 1. The van der Waals surface area contributed by atoms with Gasteiger partial charge in [-0.15, -0.1) is 0 Å². The topological polar surface area (TPSA) is 91.8 Å². The van der Waals surface area contributed by atoms with Crippen molar-refractivity contribution in [1.82, 2.24) is 4.90 Å². The molecule has 2 atom stereocenters. The number of carboxylic acids is 1. The van der Waals surface area contributed by atoms with E-state index < -0.39 is 17.7 Å². The molecule has 0 aromatic heterocycles. The number of benzene rings is 2. The fourth-order valence-electron chi connectivity index (χ4n) is 5.96. The number of carbonyl (C=O) groups excluding carboxylic acids is 3. The van der Waals surface area contributed by atoms with Crippen LogP contribution in [0.3, 0.4) is 0 Å². The maximum atomic E-state index is 12.6. The minimum atomic E-state index is -2.93. The average Bonchev–Trinajstić information content (AvgIpc) is 3.18. The molecule has 6 nitrogen and oxygen atoms in total. The predicted octanol–water partition coefficient (Wildman–Crippen LogP) is 14.3. The van der Waals surface area contributed by atoms with Crippen LogP contribution in [0.15, 0.2) is 53.6 Å². The maximum absolute atomic E-state index is 12.6. The number of piperidine rings is 1. The summed E-state index contributed by atoms with van der Waals surface area (Å²) in [6.45, 7) is 38.1. The number of aryl methyl sites for hydroxylation is 3. The number of aliphatic carboxylic acids is 1. The van der Waals surface area contributed by atoms with E-state index in [4.69, 9.17) is 5.11 Å². The third-order valence-electron chi connectivity index (χ3n) is 9.21. The number of alkyl halides is 2. The van der Waals surface area contributed by atoms with Crippen molar-refractivity contribution in [2.45, 2.75) is 175 Å². The van der Waals surface area contributed by atoms with E-state index in [1.165, 1.54) is 92.5 Å². The van der Waals surface area contributed by atoms with Crippen LogP contribution in [-0.2, 0) is 19.2 Å². The number of halogens is 2. The number of ketones is 1. The lowest BCUT2D eigenvalue weighted by Gasteiger charge is -2.25. The first-order chi connectivity index (χ1) is 27.7. The van der Waals surface area contributed by atoms with Gasteiger partial charge in [0.15, 0.2) is 12.1 Å². The highest BCUT2D eigenvalue weighted by molar-refractivity contribution is 6.10. The summed E-state index contributed by atoms with van der Waals surface area (Å²) in [5, 5.41) is 9.07. The Morgan fingerprint density at radius 2 is 1.37 bits per heavy atom. The Bertz CT molecular complexity index is 1510. The number of aldehydes is 2. The van der Waals surface area contributed by atoms with E-state index in [1.54, 1.807) is 0 Å². The van der Waals surface area contributed by atoms with Crippen LogP contribution >= 0.6 is 0 Å². The van der Waals surface area contributed by atoms with Crippen LogP contribution in [0.25, 0.3) is 11.1 Å². The minimum absolute atomic E-state index is 0.0157. The van der Waals surface area contributed by atoms with E-state index in [9.17, 15) is 28.0 Å². The van der Waals surface area contributed by atoms with Crippen molar-refractivity contribution in [2.24, 2.45) is 11.8 Å². The van der Waals surface area contributed by atoms with Crippen molar-refractivity contribution in [3.8, 4) is 11.1 Å². The second kappa shape index (κ2) is 36.1. The predicted molar refractivity (Wildman–Crippen MR) is 250 cm³/mol. The first kappa shape index (κ1) is 61.9. The maximum Gasteiger partial charge on any atom is 0.303 e. The van der Waals surface area contributed by atoms with Gasteiger partial charge >= 0.3 is 5.97 Å². The summed E-state index contributed by atoms with van der Waals surface area (Å²) < 4.78 is 25.2. The lowest BCUT2D eigenvalue weighted by Crippen LogP contribution is -2.30. The summed E-state index contributed by atoms with van der Waals surface area (Å²) in [6.07, 6.45) is 10.4. The summed E-state index contributed by atoms with van der Waals surface area (Å²) in [5.41, 5.74) is 8.13. The van der Waals surface area contributed by atoms with Crippen LogP contribution in [0.1, 0.15) is 169 Å². The van der Waals surface area contributed by atoms with E-state index in [0.29, 0.717) is 12.2 Å². The van der Waals surface area contributed by atoms with Gasteiger partial charge in [-0.25, -0.2) is 8.78 Å². The van der Waals surface area contributed by atoms with Crippen molar-refractivity contribution in [2.75, 3.05) is 19.6 Å². The molecular formula is C51H85F2NO5. The van der Waals surface area contributed by atoms with E-state index in [1.807, 2.05) is 55.4 Å². The van der Waals surface area contributed by atoms with Crippen LogP contribution in [0.5, 0.6) is 0 Å². The summed E-state index contributed by atoms with van der Waals surface area (Å²) in [5.74, 6) is -3.21. The highest BCUT2D eigenvalue weighted by Crippen LogP contribution is 2.32. The molecule has 1 N–H and O–H groups in total. The summed E-state index contributed by atoms with van der Waals surface area (Å²) in [7, 11) is 0. The fourth-order valence-corrected chi connectivity index (χ4v) is 5.96. The Hall–Kier alpha value is -3.78. The molecule has 1 heterocycles. The molecule has 0 unspecified atom stereocenters. The number of carboxylic acid groups (broad SMARTS) is 1. The molecule has 59 heavy (non-hydrogen) atoms. The van der Waals surface area contributed by atoms with Gasteiger partial charge in [-0.05, 0) is 144 Å². The van der Waals surface area contributed by atoms with Gasteiger partial charge < -0.3 is 14.8 Å². The van der Waals surface area contributed by atoms with Crippen LogP contribution in [0.2, 0.25) is 0 Å². The van der Waals surface area contributed by atoms with Crippen molar-refractivity contribution in [1.29, 1.82) is 0 Å². The smallest absolute Gasteiger partial charge is 0.303 e. The van der Waals surface area contributed by atoms with Gasteiger partial charge in [-0.1, -0.05) is 125 Å². The molecule has 338 valence electrons. The second-order valence-electron chi connectivity index (χ2n) is 15.0. The lowest BCUT2D eigenvalue weighted by atomic mass is 9.87. The van der Waals surface area contributed by atoms with Crippen molar-refractivity contribution >= 4 is 24.3 Å². The average molecular weight is 830 g/mol. The molecule has 2 aromatic rings. The van der Waals surface area contributed by atoms with Crippen molar-refractivity contribution < 1.29 is 33.1 Å². The van der Waals surface area contributed by atoms with Gasteiger partial charge in [0.25, 0.3) is 5.92 Å². The molecule has 0 aliphatic carbocycles. The summed E-state index contributed by atoms with van der Waals surface area (Å²) >= 11 is 0. The molecule has 0 spiro atoms. The van der Waals surface area contributed by atoms with Gasteiger partial charge in [0.05, 0.1) is 12.0 Å². The number of Topliss-reactive ketones (excluding diaryl/α,β-unsaturated/α-hetero) is 1. The Kier molecular flexibility index (Phi) is 37.9. The minimum Gasteiger partial charge on any atom is -0.481 e. The van der Waals surface area contributed by atoms with Gasteiger partial charge in [-0.2, -0.15) is 0 Å². The zero-order chi connectivity index (χ0) is 46.9. The fraction of sp³-hybridized carbons (Fsp3) is 0.608. The first-order valence-electron chi connectivity index (χ1n) is 22.0. The molecule has 0 radical (unpaired) electrons. The van der Waals surface area contributed by atoms with Crippen LogP contribution in [0.4, 0.5) is 8.78 Å². The molecule has 1 aliphatic heterocycles. The monoisotopic (exact) mass is 830 g/mol. The zero-order valence-electron chi connectivity index (χ0n) is 40.6. The number of allylic oxidation sites excluding steroid dienone is 4. The highest BCUT2D eigenvalue weighted by atomic mass is 19.3. The van der Waals surface area contributed by atoms with Crippen LogP contribution in [0, 0.1) is 39.5 Å². The van der Waals surface area contributed by atoms with Gasteiger partial charge in [0.2, 0.25) is 0 Å². The largest absolute Gasteiger partial charge is 0.481 e. The number of rotatable bonds is 13. The normalized spacial score (nSPS) is 13.5.